The predicted octanol–water partition coefficient (Wildman–Crippen LogP) is 11.7. The van der Waals surface area contributed by atoms with Gasteiger partial charge in [0.1, 0.15) is 16.7 Å². The molecule has 212 valence electrons. The number of hydrogen-bond donors (Lipinski definition) is 0. The second-order valence-electron chi connectivity index (χ2n) is 11.2. The van der Waals surface area contributed by atoms with E-state index in [4.69, 9.17) is 13.8 Å². The zero-order chi connectivity index (χ0) is 29.7. The minimum atomic E-state index is 0.600. The van der Waals surface area contributed by atoms with Gasteiger partial charge in [-0.05, 0) is 71.1 Å². The highest BCUT2D eigenvalue weighted by molar-refractivity contribution is 6.13. The third-order valence-corrected chi connectivity index (χ3v) is 8.46. The van der Waals surface area contributed by atoms with Crippen molar-refractivity contribution in [3.8, 4) is 22.6 Å². The molecule has 4 nitrogen and oxygen atoms in total. The van der Waals surface area contributed by atoms with E-state index >= 15 is 0 Å². The molecule has 9 rings (SSSR count). The van der Waals surface area contributed by atoms with E-state index < -0.39 is 0 Å². The minimum Gasteiger partial charge on any atom is -0.456 e. The molecule has 0 fully saturated rings. The van der Waals surface area contributed by atoms with Crippen LogP contribution in [0.15, 0.2) is 167 Å². The Kier molecular flexibility index (Phi) is 5.78. The van der Waals surface area contributed by atoms with Crippen molar-refractivity contribution in [3.63, 3.8) is 0 Å². The van der Waals surface area contributed by atoms with Gasteiger partial charge in [0.25, 0.3) is 0 Å². The van der Waals surface area contributed by atoms with Gasteiger partial charge in [-0.1, -0.05) is 103 Å². The lowest BCUT2D eigenvalue weighted by atomic mass is 9.98. The van der Waals surface area contributed by atoms with Crippen LogP contribution in [0.4, 0.5) is 17.1 Å². The Morgan fingerprint density at radius 2 is 1.16 bits per heavy atom. The third kappa shape index (κ3) is 4.19. The molecule has 0 aliphatic rings. The molecule has 9 aromatic rings. The Morgan fingerprint density at radius 1 is 0.489 bits per heavy atom. The summed E-state index contributed by atoms with van der Waals surface area (Å²) in [6.45, 7) is 0. The molecule has 2 aromatic heterocycles. The van der Waals surface area contributed by atoms with Gasteiger partial charge in [-0.25, -0.2) is 4.98 Å². The second-order valence-corrected chi connectivity index (χ2v) is 11.2. The number of hydrogen-bond acceptors (Lipinski definition) is 4. The van der Waals surface area contributed by atoms with Gasteiger partial charge in [-0.3, -0.25) is 0 Å². The van der Waals surface area contributed by atoms with Crippen LogP contribution in [0.3, 0.4) is 0 Å². The maximum absolute atomic E-state index is 6.56. The van der Waals surface area contributed by atoms with Crippen LogP contribution >= 0.6 is 0 Å². The molecule has 0 unspecified atom stereocenters. The fourth-order valence-corrected chi connectivity index (χ4v) is 6.43. The number of oxazole rings is 1. The smallest absolute Gasteiger partial charge is 0.227 e. The maximum Gasteiger partial charge on any atom is 0.227 e. The summed E-state index contributed by atoms with van der Waals surface area (Å²) < 4.78 is 12.8. The molecular formula is C41H26N2O2. The summed E-state index contributed by atoms with van der Waals surface area (Å²) in [5.41, 5.74) is 9.52. The first-order chi connectivity index (χ1) is 22.3. The Balaban J connectivity index is 1.30. The summed E-state index contributed by atoms with van der Waals surface area (Å²) in [6, 6.07) is 54.3. The summed E-state index contributed by atoms with van der Waals surface area (Å²) in [7, 11) is 0. The lowest BCUT2D eigenvalue weighted by molar-refractivity contribution is 0.623. The molecule has 0 radical (unpaired) electrons. The van der Waals surface area contributed by atoms with Crippen molar-refractivity contribution < 1.29 is 8.83 Å². The standard InChI is InChI=1S/C41H26N2O2/c1-3-13-27(14-4-1)41-42-39-35(26-29-15-7-8-20-33(29)40(39)45-41)43(30-17-5-2-6-18-30)31-19-11-16-28(25-31)32-22-12-24-37-38(32)34-21-9-10-23-36(34)44-37/h1-26H. The number of fused-ring (bicyclic) bond motifs is 6. The number of para-hydroxylation sites is 2. The second kappa shape index (κ2) is 10.2. The maximum atomic E-state index is 6.56. The first-order valence-electron chi connectivity index (χ1n) is 15.1. The van der Waals surface area contributed by atoms with Crippen molar-refractivity contribution >= 4 is 60.9 Å². The van der Waals surface area contributed by atoms with E-state index in [9.17, 15) is 0 Å². The van der Waals surface area contributed by atoms with Gasteiger partial charge in [-0.2, -0.15) is 0 Å². The van der Waals surface area contributed by atoms with Crippen LogP contribution in [0.2, 0.25) is 0 Å². The SMILES string of the molecule is c1ccc(-c2nc3c(N(c4ccccc4)c4cccc(-c5cccc6oc7ccccc7c56)c4)cc4ccccc4c3o2)cc1. The first kappa shape index (κ1) is 25.4. The van der Waals surface area contributed by atoms with Crippen LogP contribution in [0.1, 0.15) is 0 Å². The zero-order valence-electron chi connectivity index (χ0n) is 24.2. The lowest BCUT2D eigenvalue weighted by Gasteiger charge is -2.26. The number of furan rings is 1. The van der Waals surface area contributed by atoms with Crippen molar-refractivity contribution in [2.75, 3.05) is 4.90 Å². The van der Waals surface area contributed by atoms with Gasteiger partial charge in [0.15, 0.2) is 5.58 Å². The Labute approximate surface area is 259 Å². The van der Waals surface area contributed by atoms with Crippen molar-refractivity contribution in [1.29, 1.82) is 0 Å². The molecule has 0 N–H and O–H groups in total. The average molecular weight is 579 g/mol. The van der Waals surface area contributed by atoms with Crippen molar-refractivity contribution in [3.05, 3.63) is 158 Å². The Morgan fingerprint density at radius 3 is 2.02 bits per heavy atom. The summed E-state index contributed by atoms with van der Waals surface area (Å²) in [6.07, 6.45) is 0. The topological polar surface area (TPSA) is 42.4 Å². The van der Waals surface area contributed by atoms with Gasteiger partial charge in [0.05, 0.1) is 5.69 Å². The first-order valence-corrected chi connectivity index (χ1v) is 15.1. The van der Waals surface area contributed by atoms with Gasteiger partial charge in [0, 0.05) is 33.1 Å². The van der Waals surface area contributed by atoms with E-state index in [1.54, 1.807) is 0 Å². The fraction of sp³-hybridized carbons (Fsp3) is 0. The highest BCUT2D eigenvalue weighted by atomic mass is 16.3. The summed E-state index contributed by atoms with van der Waals surface area (Å²) >= 11 is 0. The molecule has 45 heavy (non-hydrogen) atoms. The zero-order valence-corrected chi connectivity index (χ0v) is 24.2. The van der Waals surface area contributed by atoms with E-state index in [0.717, 1.165) is 77.6 Å². The van der Waals surface area contributed by atoms with Crippen molar-refractivity contribution in [2.24, 2.45) is 0 Å². The number of rotatable bonds is 5. The van der Waals surface area contributed by atoms with E-state index in [1.807, 2.05) is 60.7 Å². The largest absolute Gasteiger partial charge is 0.456 e. The summed E-state index contributed by atoms with van der Waals surface area (Å²) in [4.78, 5) is 7.41. The number of benzene rings is 7. The average Bonchev–Trinajstić information content (AvgIpc) is 3.73. The fourth-order valence-electron chi connectivity index (χ4n) is 6.43. The van der Waals surface area contributed by atoms with E-state index in [-0.39, 0.29) is 0 Å². The molecule has 0 spiro atoms. The molecule has 7 aromatic carbocycles. The van der Waals surface area contributed by atoms with E-state index in [2.05, 4.69) is 102 Å². The molecule has 4 heteroatoms. The molecule has 2 heterocycles. The third-order valence-electron chi connectivity index (χ3n) is 8.46. The normalized spacial score (nSPS) is 11.6. The van der Waals surface area contributed by atoms with Crippen LogP contribution in [-0.2, 0) is 0 Å². The van der Waals surface area contributed by atoms with E-state index in [0.29, 0.717) is 5.89 Å². The molecule has 0 aliphatic heterocycles. The Bertz CT molecular complexity index is 2490. The van der Waals surface area contributed by atoms with Gasteiger partial charge >= 0.3 is 0 Å². The highest BCUT2D eigenvalue weighted by Gasteiger charge is 2.22. The van der Waals surface area contributed by atoms with Crippen LogP contribution < -0.4 is 4.90 Å². The molecule has 0 aliphatic carbocycles. The van der Waals surface area contributed by atoms with Crippen LogP contribution in [0.25, 0.3) is 66.4 Å². The quantitative estimate of drug-likeness (QED) is 0.204. The lowest BCUT2D eigenvalue weighted by Crippen LogP contribution is -2.10. The molecule has 0 atom stereocenters. The van der Waals surface area contributed by atoms with Gasteiger partial charge < -0.3 is 13.7 Å². The molecule has 0 amide bonds. The van der Waals surface area contributed by atoms with Crippen molar-refractivity contribution in [2.45, 2.75) is 0 Å². The number of anilines is 3. The molecule has 0 saturated heterocycles. The van der Waals surface area contributed by atoms with Crippen LogP contribution in [0, 0.1) is 0 Å². The highest BCUT2D eigenvalue weighted by Crippen LogP contribution is 2.44. The molecular weight excluding hydrogens is 552 g/mol. The van der Waals surface area contributed by atoms with E-state index in [1.165, 1.54) is 0 Å². The molecule has 0 bridgehead atoms. The van der Waals surface area contributed by atoms with Gasteiger partial charge in [0.2, 0.25) is 5.89 Å². The van der Waals surface area contributed by atoms with Crippen molar-refractivity contribution in [1.82, 2.24) is 4.98 Å². The van der Waals surface area contributed by atoms with Crippen LogP contribution in [-0.4, -0.2) is 4.98 Å². The van der Waals surface area contributed by atoms with Crippen LogP contribution in [0.5, 0.6) is 0 Å². The summed E-state index contributed by atoms with van der Waals surface area (Å²) in [5.74, 6) is 0.600. The monoisotopic (exact) mass is 578 g/mol. The Hall–Kier alpha value is -6.13. The molecule has 0 saturated carbocycles. The number of nitrogens with zero attached hydrogens (tertiary/aromatic N) is 2. The summed E-state index contributed by atoms with van der Waals surface area (Å²) in [5, 5.41) is 4.35. The predicted molar refractivity (Wildman–Crippen MR) is 184 cm³/mol. The number of aromatic nitrogens is 1. The van der Waals surface area contributed by atoms with Gasteiger partial charge in [-0.15, -0.1) is 0 Å². The minimum absolute atomic E-state index is 0.600.